The van der Waals surface area contributed by atoms with E-state index in [9.17, 15) is 13.2 Å². The highest BCUT2D eigenvalue weighted by Gasteiger charge is 2.19. The van der Waals surface area contributed by atoms with E-state index < -0.39 is 15.8 Å². The second-order valence-electron chi connectivity index (χ2n) is 3.33. The molecule has 0 spiro atoms. The third-order valence-corrected chi connectivity index (χ3v) is 3.71. The average molecular weight is 227 g/mol. The Balaban J connectivity index is 2.82. The van der Waals surface area contributed by atoms with Crippen molar-refractivity contribution >= 4 is 15.8 Å². The summed E-state index contributed by atoms with van der Waals surface area (Å²) in [6.07, 6.45) is 0. The van der Waals surface area contributed by atoms with Gasteiger partial charge in [0.05, 0.1) is 0 Å². The van der Waals surface area contributed by atoms with Crippen molar-refractivity contribution in [2.24, 2.45) is 0 Å². The molecular weight excluding hydrogens is 214 g/mol. The molecule has 0 unspecified atom stereocenters. The Labute approximate surface area is 89.6 Å². The molecule has 82 valence electrons. The zero-order valence-electron chi connectivity index (χ0n) is 8.67. The standard InChI is InChI=1S/C10H13NO3S/c1-11(2)15(13,14)8-10(12)9-6-4-3-5-7-9/h3-7H,8H2,1-2H3. The number of Topliss-reactive ketones (excluding diaryl/α,β-unsaturated/α-hetero) is 1. The van der Waals surface area contributed by atoms with Crippen molar-refractivity contribution < 1.29 is 13.2 Å². The van der Waals surface area contributed by atoms with Gasteiger partial charge in [0.25, 0.3) is 0 Å². The summed E-state index contributed by atoms with van der Waals surface area (Å²) in [6.45, 7) is 0. The van der Waals surface area contributed by atoms with Crippen LogP contribution in [0.4, 0.5) is 0 Å². The van der Waals surface area contributed by atoms with E-state index in [1.807, 2.05) is 0 Å². The minimum Gasteiger partial charge on any atom is -0.293 e. The first-order chi connectivity index (χ1) is 6.93. The summed E-state index contributed by atoms with van der Waals surface area (Å²) in [7, 11) is -0.641. The molecule has 5 heteroatoms. The maximum Gasteiger partial charge on any atom is 0.221 e. The third-order valence-electron chi connectivity index (χ3n) is 1.97. The maximum absolute atomic E-state index is 11.6. The fourth-order valence-corrected chi connectivity index (χ4v) is 1.76. The molecule has 0 fully saturated rings. The number of carbonyl (C=O) groups excluding carboxylic acids is 1. The highest BCUT2D eigenvalue weighted by atomic mass is 32.2. The molecule has 0 heterocycles. The Kier molecular flexibility index (Phi) is 3.60. The van der Waals surface area contributed by atoms with E-state index in [0.717, 1.165) is 4.31 Å². The van der Waals surface area contributed by atoms with Crippen LogP contribution in [-0.2, 0) is 10.0 Å². The van der Waals surface area contributed by atoms with Gasteiger partial charge < -0.3 is 0 Å². The summed E-state index contributed by atoms with van der Waals surface area (Å²) in [5.74, 6) is -0.867. The lowest BCUT2D eigenvalue weighted by Crippen LogP contribution is -2.29. The van der Waals surface area contributed by atoms with Crippen molar-refractivity contribution in [1.29, 1.82) is 0 Å². The van der Waals surface area contributed by atoms with E-state index in [4.69, 9.17) is 0 Å². The molecule has 4 nitrogen and oxygen atoms in total. The van der Waals surface area contributed by atoms with Crippen LogP contribution in [0.15, 0.2) is 30.3 Å². The first-order valence-electron chi connectivity index (χ1n) is 4.42. The van der Waals surface area contributed by atoms with E-state index in [2.05, 4.69) is 0 Å². The number of nitrogens with zero attached hydrogens (tertiary/aromatic N) is 1. The van der Waals surface area contributed by atoms with Crippen molar-refractivity contribution in [2.75, 3.05) is 19.8 Å². The number of hydrogen-bond acceptors (Lipinski definition) is 3. The molecule has 1 aromatic carbocycles. The first-order valence-corrected chi connectivity index (χ1v) is 6.03. The fourth-order valence-electron chi connectivity index (χ4n) is 1.00. The van der Waals surface area contributed by atoms with Crippen LogP contribution >= 0.6 is 0 Å². The topological polar surface area (TPSA) is 54.5 Å². The molecule has 0 bridgehead atoms. The number of ketones is 1. The number of sulfonamides is 1. The van der Waals surface area contributed by atoms with E-state index in [-0.39, 0.29) is 5.78 Å². The van der Waals surface area contributed by atoms with Gasteiger partial charge in [0.15, 0.2) is 5.78 Å². The Morgan fingerprint density at radius 2 is 1.73 bits per heavy atom. The maximum atomic E-state index is 11.6. The van der Waals surface area contributed by atoms with Crippen LogP contribution in [0.25, 0.3) is 0 Å². The predicted octanol–water partition coefficient (Wildman–Crippen LogP) is 0.761. The van der Waals surface area contributed by atoms with Gasteiger partial charge in [-0.3, -0.25) is 4.79 Å². The molecule has 15 heavy (non-hydrogen) atoms. The Morgan fingerprint density at radius 1 is 1.20 bits per heavy atom. The molecule has 1 rings (SSSR count). The zero-order chi connectivity index (χ0) is 11.5. The summed E-state index contributed by atoms with van der Waals surface area (Å²) in [5, 5.41) is 0. The van der Waals surface area contributed by atoms with Gasteiger partial charge in [-0.05, 0) is 0 Å². The van der Waals surface area contributed by atoms with Crippen molar-refractivity contribution in [2.45, 2.75) is 0 Å². The van der Waals surface area contributed by atoms with Crippen LogP contribution in [0.2, 0.25) is 0 Å². The Bertz CT molecular complexity index is 437. The van der Waals surface area contributed by atoms with Crippen molar-refractivity contribution in [1.82, 2.24) is 4.31 Å². The summed E-state index contributed by atoms with van der Waals surface area (Å²) in [4.78, 5) is 11.6. The SMILES string of the molecule is CN(C)S(=O)(=O)CC(=O)c1ccccc1. The van der Waals surface area contributed by atoms with Gasteiger partial charge in [0.2, 0.25) is 10.0 Å². The second kappa shape index (κ2) is 4.55. The number of rotatable bonds is 4. The van der Waals surface area contributed by atoms with Crippen LogP contribution in [0.1, 0.15) is 10.4 Å². The minimum absolute atomic E-state index is 0.385. The van der Waals surface area contributed by atoms with Gasteiger partial charge in [-0.2, -0.15) is 0 Å². The largest absolute Gasteiger partial charge is 0.293 e. The lowest BCUT2D eigenvalue weighted by atomic mass is 10.2. The number of carbonyl (C=O) groups is 1. The second-order valence-corrected chi connectivity index (χ2v) is 5.51. The summed E-state index contributed by atoms with van der Waals surface area (Å²) >= 11 is 0. The summed E-state index contributed by atoms with van der Waals surface area (Å²) < 4.78 is 23.9. The van der Waals surface area contributed by atoms with Gasteiger partial charge in [-0.25, -0.2) is 12.7 Å². The smallest absolute Gasteiger partial charge is 0.221 e. The molecule has 0 saturated heterocycles. The van der Waals surface area contributed by atoms with Gasteiger partial charge in [-0.1, -0.05) is 30.3 Å². The minimum atomic E-state index is -3.46. The van der Waals surface area contributed by atoms with Crippen LogP contribution in [0, 0.1) is 0 Å². The zero-order valence-corrected chi connectivity index (χ0v) is 9.49. The van der Waals surface area contributed by atoms with Crippen molar-refractivity contribution in [3.63, 3.8) is 0 Å². The van der Waals surface area contributed by atoms with Crippen LogP contribution in [0.3, 0.4) is 0 Å². The fraction of sp³-hybridized carbons (Fsp3) is 0.300. The molecule has 0 aromatic heterocycles. The van der Waals surface area contributed by atoms with E-state index in [1.165, 1.54) is 14.1 Å². The summed E-state index contributed by atoms with van der Waals surface area (Å²) in [6, 6.07) is 8.39. The molecule has 0 atom stereocenters. The quantitative estimate of drug-likeness (QED) is 0.714. The molecule has 0 radical (unpaired) electrons. The normalized spacial score (nSPS) is 11.7. The monoisotopic (exact) mass is 227 g/mol. The van der Waals surface area contributed by atoms with Crippen LogP contribution in [0.5, 0.6) is 0 Å². The summed E-state index contributed by atoms with van der Waals surface area (Å²) in [5.41, 5.74) is 0.419. The van der Waals surface area contributed by atoms with Gasteiger partial charge >= 0.3 is 0 Å². The molecule has 0 aliphatic heterocycles. The molecular formula is C10H13NO3S. The predicted molar refractivity (Wildman–Crippen MR) is 58.2 cm³/mol. The number of benzene rings is 1. The van der Waals surface area contributed by atoms with Gasteiger partial charge in [-0.15, -0.1) is 0 Å². The van der Waals surface area contributed by atoms with Crippen molar-refractivity contribution in [3.05, 3.63) is 35.9 Å². The molecule has 0 saturated carbocycles. The molecule has 0 amide bonds. The van der Waals surface area contributed by atoms with Crippen LogP contribution < -0.4 is 0 Å². The van der Waals surface area contributed by atoms with Gasteiger partial charge in [0.1, 0.15) is 5.75 Å². The molecule has 0 aliphatic rings. The Morgan fingerprint density at radius 3 is 2.20 bits per heavy atom. The van der Waals surface area contributed by atoms with E-state index in [0.29, 0.717) is 5.56 Å². The molecule has 1 aromatic rings. The molecule has 0 N–H and O–H groups in total. The highest BCUT2D eigenvalue weighted by molar-refractivity contribution is 7.89. The van der Waals surface area contributed by atoms with E-state index >= 15 is 0 Å². The number of hydrogen-bond donors (Lipinski definition) is 0. The van der Waals surface area contributed by atoms with Gasteiger partial charge in [0, 0.05) is 19.7 Å². The lowest BCUT2D eigenvalue weighted by Gasteiger charge is -2.10. The van der Waals surface area contributed by atoms with E-state index in [1.54, 1.807) is 30.3 Å². The van der Waals surface area contributed by atoms with Crippen molar-refractivity contribution in [3.8, 4) is 0 Å². The lowest BCUT2D eigenvalue weighted by molar-refractivity contribution is 0.102. The third kappa shape index (κ3) is 3.14. The van der Waals surface area contributed by atoms with Crippen LogP contribution in [-0.4, -0.2) is 38.4 Å². The average Bonchev–Trinajstić information content (AvgIpc) is 2.18. The highest BCUT2D eigenvalue weighted by Crippen LogP contribution is 2.04. The molecule has 0 aliphatic carbocycles. The Hall–Kier alpha value is -1.20. The first kappa shape index (κ1) is 11.9.